The maximum absolute atomic E-state index is 13.2. The fraction of sp³-hybridized carbons (Fsp3) is 0.154. The van der Waals surface area contributed by atoms with Crippen LogP contribution in [-0.2, 0) is 10.0 Å². The number of nitrogens with zero attached hydrogens (tertiary/aromatic N) is 3. The number of aryl methyl sites for hydroxylation is 4. The average Bonchev–Trinajstić information content (AvgIpc) is 2.81. The highest BCUT2D eigenvalue weighted by Gasteiger charge is 2.25. The van der Waals surface area contributed by atoms with Crippen molar-refractivity contribution in [3.05, 3.63) is 88.6 Å². The van der Waals surface area contributed by atoms with Gasteiger partial charge in [0.25, 0.3) is 15.9 Å². The lowest BCUT2D eigenvalue weighted by atomic mass is 10.1. The number of hydrogen-bond donors (Lipinski definition) is 2. The number of nitrogens with two attached hydrogens (primary N) is 1. The fourth-order valence-electron chi connectivity index (χ4n) is 3.75. The lowest BCUT2D eigenvalue weighted by molar-refractivity contribution is 0.0978. The van der Waals surface area contributed by atoms with Crippen molar-refractivity contribution in [1.29, 1.82) is 0 Å². The van der Waals surface area contributed by atoms with Gasteiger partial charge < -0.3 is 10.5 Å². The normalized spacial score (nSPS) is 11.2. The molecule has 184 valence electrons. The minimum Gasteiger partial charge on any atom is -0.438 e. The van der Waals surface area contributed by atoms with Gasteiger partial charge in [0.15, 0.2) is 5.03 Å². The zero-order valence-electron chi connectivity index (χ0n) is 20.2. The van der Waals surface area contributed by atoms with Crippen LogP contribution in [0, 0.1) is 27.7 Å². The van der Waals surface area contributed by atoms with Gasteiger partial charge in [0.1, 0.15) is 17.1 Å². The SMILES string of the molecule is Cc1cc(C)c(Oc2nc(-c3cccc(C)n3)ccc2C(=O)NS(=O)(=O)c2cccc(N)n2)c(C)c1. The largest absolute Gasteiger partial charge is 0.438 e. The van der Waals surface area contributed by atoms with Gasteiger partial charge in [-0.3, -0.25) is 9.78 Å². The van der Waals surface area contributed by atoms with E-state index in [-0.39, 0.29) is 22.3 Å². The number of rotatable bonds is 6. The number of amides is 1. The third-order valence-electron chi connectivity index (χ3n) is 5.31. The van der Waals surface area contributed by atoms with Gasteiger partial charge in [0.05, 0.1) is 11.4 Å². The summed E-state index contributed by atoms with van der Waals surface area (Å²) in [6.07, 6.45) is 0. The zero-order valence-corrected chi connectivity index (χ0v) is 21.1. The molecule has 3 aromatic heterocycles. The number of aromatic nitrogens is 3. The van der Waals surface area contributed by atoms with Crippen molar-refractivity contribution in [3.8, 4) is 23.0 Å². The van der Waals surface area contributed by atoms with Crippen molar-refractivity contribution >= 4 is 21.7 Å². The number of ether oxygens (including phenoxy) is 1. The molecule has 9 nitrogen and oxygen atoms in total. The molecule has 4 rings (SSSR count). The summed E-state index contributed by atoms with van der Waals surface area (Å²) >= 11 is 0. The number of pyridine rings is 3. The van der Waals surface area contributed by atoms with E-state index in [0.29, 0.717) is 17.1 Å². The van der Waals surface area contributed by atoms with E-state index in [4.69, 9.17) is 10.5 Å². The van der Waals surface area contributed by atoms with Crippen LogP contribution in [0.25, 0.3) is 11.4 Å². The van der Waals surface area contributed by atoms with Gasteiger partial charge in [-0.2, -0.15) is 8.42 Å². The third-order valence-corrected chi connectivity index (χ3v) is 6.54. The van der Waals surface area contributed by atoms with Crippen molar-refractivity contribution in [3.63, 3.8) is 0 Å². The van der Waals surface area contributed by atoms with Crippen LogP contribution < -0.4 is 15.2 Å². The Morgan fingerprint density at radius 1 is 0.861 bits per heavy atom. The summed E-state index contributed by atoms with van der Waals surface area (Å²) in [5.74, 6) is -0.444. The van der Waals surface area contributed by atoms with Gasteiger partial charge in [-0.1, -0.05) is 29.8 Å². The van der Waals surface area contributed by atoms with E-state index < -0.39 is 15.9 Å². The Bertz CT molecular complexity index is 1560. The monoisotopic (exact) mass is 503 g/mol. The maximum atomic E-state index is 13.2. The van der Waals surface area contributed by atoms with Crippen LogP contribution >= 0.6 is 0 Å². The summed E-state index contributed by atoms with van der Waals surface area (Å²) in [7, 11) is -4.30. The van der Waals surface area contributed by atoms with Crippen molar-refractivity contribution < 1.29 is 17.9 Å². The molecule has 3 N–H and O–H groups in total. The van der Waals surface area contributed by atoms with Crippen LogP contribution in [0.1, 0.15) is 32.7 Å². The summed E-state index contributed by atoms with van der Waals surface area (Å²) in [5, 5.41) is -0.378. The first-order valence-corrected chi connectivity index (χ1v) is 12.5. The second-order valence-corrected chi connectivity index (χ2v) is 10.0. The van der Waals surface area contributed by atoms with Crippen molar-refractivity contribution in [2.75, 3.05) is 5.73 Å². The number of nitrogens with one attached hydrogen (secondary N) is 1. The number of carbonyl (C=O) groups excluding carboxylic acids is 1. The molecule has 10 heteroatoms. The summed E-state index contributed by atoms with van der Waals surface area (Å²) < 4.78 is 33.8. The van der Waals surface area contributed by atoms with Crippen molar-refractivity contribution in [2.24, 2.45) is 0 Å². The Balaban J connectivity index is 1.78. The predicted molar refractivity (Wildman–Crippen MR) is 136 cm³/mol. The smallest absolute Gasteiger partial charge is 0.281 e. The number of nitrogen functional groups attached to an aromatic ring is 1. The van der Waals surface area contributed by atoms with E-state index in [9.17, 15) is 13.2 Å². The van der Waals surface area contributed by atoms with Crippen LogP contribution in [0.4, 0.5) is 5.82 Å². The molecular weight excluding hydrogens is 478 g/mol. The van der Waals surface area contributed by atoms with Gasteiger partial charge in [-0.05, 0) is 75.2 Å². The van der Waals surface area contributed by atoms with E-state index in [0.717, 1.165) is 22.4 Å². The summed E-state index contributed by atoms with van der Waals surface area (Å²) in [5.41, 5.74) is 10.1. The number of hydrogen-bond acceptors (Lipinski definition) is 8. The van der Waals surface area contributed by atoms with Gasteiger partial charge in [0.2, 0.25) is 5.88 Å². The Kier molecular flexibility index (Phi) is 6.71. The van der Waals surface area contributed by atoms with Crippen LogP contribution in [-0.4, -0.2) is 29.3 Å². The number of anilines is 1. The zero-order chi connectivity index (χ0) is 26.0. The molecule has 1 aromatic carbocycles. The maximum Gasteiger partial charge on any atom is 0.281 e. The fourth-order valence-corrected chi connectivity index (χ4v) is 4.70. The molecule has 1 amide bonds. The molecule has 0 spiro atoms. The molecule has 0 unspecified atom stereocenters. The molecule has 0 atom stereocenters. The molecule has 0 aliphatic carbocycles. The number of carbonyl (C=O) groups is 1. The highest BCUT2D eigenvalue weighted by molar-refractivity contribution is 7.90. The van der Waals surface area contributed by atoms with Crippen molar-refractivity contribution in [1.82, 2.24) is 19.7 Å². The summed E-state index contributed by atoms with van der Waals surface area (Å²) in [6.45, 7) is 7.60. The van der Waals surface area contributed by atoms with E-state index in [2.05, 4.69) is 15.0 Å². The summed E-state index contributed by atoms with van der Waals surface area (Å²) in [6, 6.07) is 16.6. The molecule has 0 saturated carbocycles. The first-order valence-electron chi connectivity index (χ1n) is 11.0. The number of sulfonamides is 1. The Morgan fingerprint density at radius 3 is 2.19 bits per heavy atom. The van der Waals surface area contributed by atoms with Gasteiger partial charge in [-0.25, -0.2) is 14.7 Å². The molecule has 36 heavy (non-hydrogen) atoms. The third kappa shape index (κ3) is 5.33. The molecule has 4 aromatic rings. The van der Waals surface area contributed by atoms with Gasteiger partial charge in [-0.15, -0.1) is 0 Å². The molecule has 0 aliphatic rings. The van der Waals surface area contributed by atoms with Crippen LogP contribution in [0.2, 0.25) is 0 Å². The molecule has 0 aliphatic heterocycles. The molecule has 0 bridgehead atoms. The molecule has 0 radical (unpaired) electrons. The minimum atomic E-state index is -4.30. The first kappa shape index (κ1) is 24.8. The van der Waals surface area contributed by atoms with E-state index in [1.54, 1.807) is 12.1 Å². The standard InChI is InChI=1S/C26H25N5O4S/c1-15-13-16(2)24(17(3)14-15)35-26-19(11-12-21(29-26)20-8-5-7-18(4)28-20)25(32)31-36(33,34)23-10-6-9-22(27)30-23/h5-14H,1-4H3,(H2,27,30)(H,31,32). The van der Waals surface area contributed by atoms with Crippen molar-refractivity contribution in [2.45, 2.75) is 32.7 Å². The van der Waals surface area contributed by atoms with Gasteiger partial charge in [0, 0.05) is 5.69 Å². The van der Waals surface area contributed by atoms with E-state index in [1.807, 2.05) is 56.7 Å². The highest BCUT2D eigenvalue weighted by atomic mass is 32.2. The number of benzene rings is 1. The molecular formula is C26H25N5O4S. The first-order chi connectivity index (χ1) is 17.0. The molecule has 0 fully saturated rings. The highest BCUT2D eigenvalue weighted by Crippen LogP contribution is 2.32. The Hall–Kier alpha value is -4.31. The quantitative estimate of drug-likeness (QED) is 0.398. The lowest BCUT2D eigenvalue weighted by Crippen LogP contribution is -2.31. The summed E-state index contributed by atoms with van der Waals surface area (Å²) in [4.78, 5) is 26.0. The molecule has 0 saturated heterocycles. The minimum absolute atomic E-state index is 0.0105. The van der Waals surface area contributed by atoms with E-state index >= 15 is 0 Å². The topological polar surface area (TPSA) is 137 Å². The van der Waals surface area contributed by atoms with Gasteiger partial charge >= 0.3 is 0 Å². The Morgan fingerprint density at radius 2 is 1.53 bits per heavy atom. The second kappa shape index (κ2) is 9.74. The average molecular weight is 504 g/mol. The van der Waals surface area contributed by atoms with Crippen LogP contribution in [0.3, 0.4) is 0 Å². The Labute approximate surface area is 209 Å². The lowest BCUT2D eigenvalue weighted by Gasteiger charge is -2.16. The predicted octanol–water partition coefficient (Wildman–Crippen LogP) is 4.27. The van der Waals surface area contributed by atoms with Crippen LogP contribution in [0.15, 0.2) is 65.7 Å². The van der Waals surface area contributed by atoms with E-state index in [1.165, 1.54) is 24.3 Å². The second-order valence-electron chi connectivity index (χ2n) is 8.38. The molecule has 3 heterocycles. The van der Waals surface area contributed by atoms with Crippen LogP contribution in [0.5, 0.6) is 11.6 Å².